The predicted molar refractivity (Wildman–Crippen MR) is 90.0 cm³/mol. The molecule has 1 aliphatic rings. The Labute approximate surface area is 136 Å². The summed E-state index contributed by atoms with van der Waals surface area (Å²) in [5.41, 5.74) is 2.32. The van der Waals surface area contributed by atoms with E-state index in [-0.39, 0.29) is 23.8 Å². The predicted octanol–water partition coefficient (Wildman–Crippen LogP) is 2.08. The number of hydrogen-bond acceptors (Lipinski definition) is 2. The summed E-state index contributed by atoms with van der Waals surface area (Å²) >= 11 is 0. The van der Waals surface area contributed by atoms with Crippen LogP contribution in [0, 0.1) is 5.92 Å². The SMILES string of the molecule is CC(C)N1CC(C(=O)NCCc2ccc3[nH]ccc3c2)CC1=O. The average molecular weight is 313 g/mol. The summed E-state index contributed by atoms with van der Waals surface area (Å²) in [5.74, 6) is -0.140. The number of H-pyrrole nitrogens is 1. The van der Waals surface area contributed by atoms with Crippen LogP contribution >= 0.6 is 0 Å². The molecule has 2 N–H and O–H groups in total. The van der Waals surface area contributed by atoms with Gasteiger partial charge in [-0.15, -0.1) is 0 Å². The zero-order valence-electron chi connectivity index (χ0n) is 13.6. The van der Waals surface area contributed by atoms with Gasteiger partial charge in [0.05, 0.1) is 5.92 Å². The minimum Gasteiger partial charge on any atom is -0.361 e. The maximum Gasteiger partial charge on any atom is 0.225 e. The van der Waals surface area contributed by atoms with E-state index >= 15 is 0 Å². The van der Waals surface area contributed by atoms with Crippen LogP contribution in [0.4, 0.5) is 0 Å². The lowest BCUT2D eigenvalue weighted by atomic mass is 10.1. The van der Waals surface area contributed by atoms with E-state index in [9.17, 15) is 9.59 Å². The number of amides is 2. The molecule has 0 radical (unpaired) electrons. The number of rotatable bonds is 5. The number of aromatic nitrogens is 1. The van der Waals surface area contributed by atoms with Crippen molar-refractivity contribution in [2.24, 2.45) is 5.92 Å². The van der Waals surface area contributed by atoms with Gasteiger partial charge in [0, 0.05) is 37.3 Å². The summed E-state index contributed by atoms with van der Waals surface area (Å²) in [6.45, 7) is 5.10. The highest BCUT2D eigenvalue weighted by Crippen LogP contribution is 2.20. The smallest absolute Gasteiger partial charge is 0.225 e. The summed E-state index contributed by atoms with van der Waals surface area (Å²) < 4.78 is 0. The average Bonchev–Trinajstić information content (AvgIpc) is 3.12. The summed E-state index contributed by atoms with van der Waals surface area (Å²) in [6.07, 6.45) is 3.05. The third kappa shape index (κ3) is 3.38. The molecule has 0 spiro atoms. The first-order valence-electron chi connectivity index (χ1n) is 8.18. The highest BCUT2D eigenvalue weighted by molar-refractivity contribution is 5.89. The number of aromatic amines is 1. The van der Waals surface area contributed by atoms with Gasteiger partial charge in [-0.05, 0) is 49.4 Å². The van der Waals surface area contributed by atoms with Gasteiger partial charge in [0.1, 0.15) is 0 Å². The van der Waals surface area contributed by atoms with Gasteiger partial charge in [0.25, 0.3) is 0 Å². The Bertz CT molecular complexity index is 720. The van der Waals surface area contributed by atoms with Crippen molar-refractivity contribution in [1.29, 1.82) is 0 Å². The molecule has 1 unspecified atom stereocenters. The molecule has 1 aliphatic heterocycles. The monoisotopic (exact) mass is 313 g/mol. The van der Waals surface area contributed by atoms with Crippen molar-refractivity contribution < 1.29 is 9.59 Å². The molecule has 3 rings (SSSR count). The minimum absolute atomic E-state index is 0.00998. The van der Waals surface area contributed by atoms with Crippen molar-refractivity contribution in [3.8, 4) is 0 Å². The summed E-state index contributed by atoms with van der Waals surface area (Å²) in [7, 11) is 0. The van der Waals surface area contributed by atoms with Gasteiger partial charge >= 0.3 is 0 Å². The number of carbonyl (C=O) groups excluding carboxylic acids is 2. The molecule has 1 aromatic heterocycles. The standard InChI is InChI=1S/C18H23N3O2/c1-12(2)21-11-15(10-17(21)22)18(23)20-7-5-13-3-4-16-14(9-13)6-8-19-16/h3-4,6,8-9,12,15,19H,5,7,10-11H2,1-2H3,(H,20,23). The quantitative estimate of drug-likeness (QED) is 0.887. The molecule has 5 heteroatoms. The molecule has 1 aromatic carbocycles. The van der Waals surface area contributed by atoms with Crippen molar-refractivity contribution in [2.75, 3.05) is 13.1 Å². The number of carbonyl (C=O) groups is 2. The molecule has 1 saturated heterocycles. The van der Waals surface area contributed by atoms with E-state index in [0.29, 0.717) is 19.5 Å². The van der Waals surface area contributed by atoms with Crippen molar-refractivity contribution >= 4 is 22.7 Å². The molecule has 5 nitrogen and oxygen atoms in total. The highest BCUT2D eigenvalue weighted by atomic mass is 16.2. The Hall–Kier alpha value is -2.30. The first-order valence-corrected chi connectivity index (χ1v) is 8.18. The van der Waals surface area contributed by atoms with E-state index in [0.717, 1.165) is 11.9 Å². The van der Waals surface area contributed by atoms with Crippen LogP contribution in [0.3, 0.4) is 0 Å². The third-order valence-corrected chi connectivity index (χ3v) is 4.48. The lowest BCUT2D eigenvalue weighted by Gasteiger charge is -2.20. The van der Waals surface area contributed by atoms with Gasteiger partial charge in [-0.2, -0.15) is 0 Å². The van der Waals surface area contributed by atoms with Crippen LogP contribution in [0.1, 0.15) is 25.8 Å². The Morgan fingerprint density at radius 2 is 2.22 bits per heavy atom. The zero-order valence-corrected chi connectivity index (χ0v) is 13.6. The van der Waals surface area contributed by atoms with Crippen molar-refractivity contribution in [3.05, 3.63) is 36.0 Å². The van der Waals surface area contributed by atoms with Crippen LogP contribution in [-0.4, -0.2) is 40.8 Å². The van der Waals surface area contributed by atoms with E-state index in [4.69, 9.17) is 0 Å². The number of nitrogens with one attached hydrogen (secondary N) is 2. The topological polar surface area (TPSA) is 65.2 Å². The van der Waals surface area contributed by atoms with E-state index in [1.807, 2.05) is 26.1 Å². The summed E-state index contributed by atoms with van der Waals surface area (Å²) in [5, 5.41) is 4.15. The summed E-state index contributed by atoms with van der Waals surface area (Å²) in [6, 6.07) is 8.47. The fraction of sp³-hybridized carbons (Fsp3) is 0.444. The Morgan fingerprint density at radius 1 is 1.39 bits per heavy atom. The molecule has 0 bridgehead atoms. The first kappa shape index (κ1) is 15.6. The van der Waals surface area contributed by atoms with Crippen LogP contribution in [0.15, 0.2) is 30.5 Å². The van der Waals surface area contributed by atoms with Crippen molar-refractivity contribution in [3.63, 3.8) is 0 Å². The van der Waals surface area contributed by atoms with Gasteiger partial charge in [-0.3, -0.25) is 9.59 Å². The molecule has 2 amide bonds. The largest absolute Gasteiger partial charge is 0.361 e. The number of likely N-dealkylation sites (tertiary alicyclic amines) is 1. The minimum atomic E-state index is -0.211. The Balaban J connectivity index is 1.50. The third-order valence-electron chi connectivity index (χ3n) is 4.48. The number of hydrogen-bond donors (Lipinski definition) is 2. The van der Waals surface area contributed by atoms with Crippen molar-refractivity contribution in [2.45, 2.75) is 32.7 Å². The van der Waals surface area contributed by atoms with E-state index < -0.39 is 0 Å². The molecule has 2 heterocycles. The van der Waals surface area contributed by atoms with Crippen LogP contribution < -0.4 is 5.32 Å². The molecule has 0 saturated carbocycles. The lowest BCUT2D eigenvalue weighted by molar-refractivity contribution is -0.129. The van der Waals surface area contributed by atoms with E-state index in [2.05, 4.69) is 28.5 Å². The lowest BCUT2D eigenvalue weighted by Crippen LogP contribution is -2.36. The summed E-state index contributed by atoms with van der Waals surface area (Å²) in [4.78, 5) is 29.0. The zero-order chi connectivity index (χ0) is 16.4. The fourth-order valence-corrected chi connectivity index (χ4v) is 3.14. The van der Waals surface area contributed by atoms with E-state index in [1.165, 1.54) is 10.9 Å². The second-order valence-electron chi connectivity index (χ2n) is 6.48. The molecule has 1 atom stereocenters. The fourth-order valence-electron chi connectivity index (χ4n) is 3.14. The van der Waals surface area contributed by atoms with Crippen LogP contribution in [0.25, 0.3) is 10.9 Å². The molecule has 1 fully saturated rings. The second-order valence-corrected chi connectivity index (χ2v) is 6.48. The van der Waals surface area contributed by atoms with Crippen LogP contribution in [0.2, 0.25) is 0 Å². The Morgan fingerprint density at radius 3 is 2.96 bits per heavy atom. The highest BCUT2D eigenvalue weighted by Gasteiger charge is 2.35. The molecule has 23 heavy (non-hydrogen) atoms. The van der Waals surface area contributed by atoms with Crippen LogP contribution in [-0.2, 0) is 16.0 Å². The maximum absolute atomic E-state index is 12.2. The molecule has 122 valence electrons. The van der Waals surface area contributed by atoms with Gasteiger partial charge < -0.3 is 15.2 Å². The second kappa shape index (κ2) is 6.44. The molecular weight excluding hydrogens is 290 g/mol. The number of fused-ring (bicyclic) bond motifs is 1. The maximum atomic E-state index is 12.2. The normalized spacial score (nSPS) is 18.1. The molecule has 0 aliphatic carbocycles. The van der Waals surface area contributed by atoms with Crippen LogP contribution in [0.5, 0.6) is 0 Å². The molecule has 2 aromatic rings. The van der Waals surface area contributed by atoms with E-state index in [1.54, 1.807) is 4.90 Å². The first-order chi connectivity index (χ1) is 11.0. The van der Waals surface area contributed by atoms with Gasteiger partial charge in [0.15, 0.2) is 0 Å². The number of benzene rings is 1. The number of nitrogens with zero attached hydrogens (tertiary/aromatic N) is 1. The van der Waals surface area contributed by atoms with Gasteiger partial charge in [-0.25, -0.2) is 0 Å². The Kier molecular flexibility index (Phi) is 4.37. The van der Waals surface area contributed by atoms with Gasteiger partial charge in [-0.1, -0.05) is 6.07 Å². The van der Waals surface area contributed by atoms with Crippen molar-refractivity contribution in [1.82, 2.24) is 15.2 Å². The molecular formula is C18H23N3O2. The van der Waals surface area contributed by atoms with Gasteiger partial charge in [0.2, 0.25) is 11.8 Å².